The van der Waals surface area contributed by atoms with Crippen molar-refractivity contribution in [2.24, 2.45) is 0 Å². The zero-order chi connectivity index (χ0) is 14.1. The van der Waals surface area contributed by atoms with Crippen LogP contribution in [0.25, 0.3) is 11.1 Å². The molecule has 0 unspecified atom stereocenters. The molecule has 0 atom stereocenters. The fourth-order valence-electron chi connectivity index (χ4n) is 2.03. The highest BCUT2D eigenvalue weighted by Gasteiger charge is 2.09. The minimum Gasteiger partial charge on any atom is -0.495 e. The van der Waals surface area contributed by atoms with E-state index in [4.69, 9.17) is 14.9 Å². The maximum Gasteiger partial charge on any atom is 0.300 e. The minimum atomic E-state index is 0.412. The van der Waals surface area contributed by atoms with E-state index in [2.05, 4.69) is 10.3 Å². The molecule has 0 radical (unpaired) electrons. The number of rotatable bonds is 3. The average Bonchev–Trinajstić information content (AvgIpc) is 2.80. The van der Waals surface area contributed by atoms with Crippen molar-refractivity contribution >= 4 is 28.5 Å². The number of benzene rings is 2. The predicted octanol–water partition coefficient (Wildman–Crippen LogP) is 3.47. The quantitative estimate of drug-likeness (QED) is 0.712. The van der Waals surface area contributed by atoms with Gasteiger partial charge in [0.15, 0.2) is 5.58 Å². The molecule has 0 aliphatic rings. The molecule has 0 saturated carbocycles. The van der Waals surface area contributed by atoms with Crippen LogP contribution in [0, 0.1) is 6.92 Å². The molecule has 5 nitrogen and oxygen atoms in total. The van der Waals surface area contributed by atoms with Crippen LogP contribution in [0.3, 0.4) is 0 Å². The Hall–Kier alpha value is -2.69. The number of aromatic nitrogens is 1. The molecule has 0 aliphatic carbocycles. The second kappa shape index (κ2) is 4.77. The van der Waals surface area contributed by atoms with E-state index in [-0.39, 0.29) is 0 Å². The third-order valence-electron chi connectivity index (χ3n) is 3.01. The number of ether oxygens (including phenoxy) is 1. The van der Waals surface area contributed by atoms with Crippen molar-refractivity contribution in [1.82, 2.24) is 4.98 Å². The number of oxazole rings is 1. The Morgan fingerprint density at radius 3 is 2.85 bits per heavy atom. The SMILES string of the molecule is COc1ccc(C)cc1Nc1nc2cc(N)ccc2o1. The molecule has 0 fully saturated rings. The van der Waals surface area contributed by atoms with Gasteiger partial charge in [-0.3, -0.25) is 0 Å². The Kier molecular flexibility index (Phi) is 2.95. The van der Waals surface area contributed by atoms with Crippen LogP contribution in [-0.2, 0) is 0 Å². The monoisotopic (exact) mass is 269 g/mol. The lowest BCUT2D eigenvalue weighted by molar-refractivity contribution is 0.416. The highest BCUT2D eigenvalue weighted by Crippen LogP contribution is 2.30. The van der Waals surface area contributed by atoms with E-state index in [9.17, 15) is 0 Å². The molecule has 3 rings (SSSR count). The van der Waals surface area contributed by atoms with Gasteiger partial charge in [0.1, 0.15) is 11.3 Å². The number of nitrogens with one attached hydrogen (secondary N) is 1. The number of nitrogens with two attached hydrogens (primary N) is 1. The van der Waals surface area contributed by atoms with Crippen LogP contribution in [0.15, 0.2) is 40.8 Å². The minimum absolute atomic E-state index is 0.412. The van der Waals surface area contributed by atoms with Crippen LogP contribution >= 0.6 is 0 Å². The summed E-state index contributed by atoms with van der Waals surface area (Å²) >= 11 is 0. The van der Waals surface area contributed by atoms with E-state index in [1.165, 1.54) is 0 Å². The topological polar surface area (TPSA) is 73.3 Å². The van der Waals surface area contributed by atoms with Gasteiger partial charge in [-0.15, -0.1) is 0 Å². The molecule has 0 amide bonds. The molecule has 2 aromatic carbocycles. The first kappa shape index (κ1) is 12.3. The van der Waals surface area contributed by atoms with Gasteiger partial charge in [-0.05, 0) is 42.8 Å². The molecule has 102 valence electrons. The van der Waals surface area contributed by atoms with Crippen molar-refractivity contribution in [2.45, 2.75) is 6.92 Å². The van der Waals surface area contributed by atoms with Gasteiger partial charge >= 0.3 is 0 Å². The normalized spacial score (nSPS) is 10.7. The molecule has 0 saturated heterocycles. The molecule has 5 heteroatoms. The van der Waals surface area contributed by atoms with E-state index < -0.39 is 0 Å². The van der Waals surface area contributed by atoms with E-state index in [1.807, 2.05) is 25.1 Å². The fourth-order valence-corrected chi connectivity index (χ4v) is 2.03. The van der Waals surface area contributed by atoms with Crippen LogP contribution in [-0.4, -0.2) is 12.1 Å². The molecule has 0 aliphatic heterocycles. The lowest BCUT2D eigenvalue weighted by Gasteiger charge is -2.08. The van der Waals surface area contributed by atoms with Crippen molar-refractivity contribution < 1.29 is 9.15 Å². The van der Waals surface area contributed by atoms with Crippen molar-refractivity contribution in [3.8, 4) is 5.75 Å². The maximum atomic E-state index is 5.73. The second-order valence-electron chi connectivity index (χ2n) is 4.57. The van der Waals surface area contributed by atoms with Crippen LogP contribution in [0.4, 0.5) is 17.4 Å². The van der Waals surface area contributed by atoms with Gasteiger partial charge in [0, 0.05) is 5.69 Å². The largest absolute Gasteiger partial charge is 0.495 e. The van der Waals surface area contributed by atoms with Gasteiger partial charge in [0.2, 0.25) is 0 Å². The number of nitrogen functional groups attached to an aromatic ring is 1. The number of nitrogens with zero attached hydrogens (tertiary/aromatic N) is 1. The predicted molar refractivity (Wildman–Crippen MR) is 79.4 cm³/mol. The van der Waals surface area contributed by atoms with Crippen molar-refractivity contribution in [3.63, 3.8) is 0 Å². The van der Waals surface area contributed by atoms with E-state index in [0.717, 1.165) is 22.5 Å². The zero-order valence-corrected chi connectivity index (χ0v) is 11.3. The molecule has 0 spiro atoms. The van der Waals surface area contributed by atoms with Crippen molar-refractivity contribution in [2.75, 3.05) is 18.2 Å². The molecule has 1 aromatic heterocycles. The number of hydrogen-bond donors (Lipinski definition) is 2. The summed E-state index contributed by atoms with van der Waals surface area (Å²) < 4.78 is 10.9. The zero-order valence-electron chi connectivity index (χ0n) is 11.3. The molecular formula is C15H15N3O2. The number of hydrogen-bond acceptors (Lipinski definition) is 5. The van der Waals surface area contributed by atoms with Crippen molar-refractivity contribution in [3.05, 3.63) is 42.0 Å². The number of fused-ring (bicyclic) bond motifs is 1. The van der Waals surface area contributed by atoms with Gasteiger partial charge in [-0.2, -0.15) is 4.98 Å². The van der Waals surface area contributed by atoms with Crippen LogP contribution in [0.2, 0.25) is 0 Å². The summed E-state index contributed by atoms with van der Waals surface area (Å²) in [5.41, 5.74) is 9.73. The Morgan fingerprint density at radius 2 is 2.05 bits per heavy atom. The van der Waals surface area contributed by atoms with E-state index in [1.54, 1.807) is 25.3 Å². The third kappa shape index (κ3) is 2.25. The lowest BCUT2D eigenvalue weighted by atomic mass is 10.2. The summed E-state index contributed by atoms with van der Waals surface area (Å²) in [4.78, 5) is 4.36. The Balaban J connectivity index is 1.98. The van der Waals surface area contributed by atoms with Crippen LogP contribution in [0.1, 0.15) is 5.56 Å². The maximum absolute atomic E-state index is 5.73. The van der Waals surface area contributed by atoms with Gasteiger partial charge in [-0.25, -0.2) is 0 Å². The summed E-state index contributed by atoms with van der Waals surface area (Å²) in [6, 6.07) is 11.6. The van der Waals surface area contributed by atoms with Crippen LogP contribution < -0.4 is 15.8 Å². The highest BCUT2D eigenvalue weighted by atomic mass is 16.5. The van der Waals surface area contributed by atoms with Crippen LogP contribution in [0.5, 0.6) is 5.75 Å². The summed E-state index contributed by atoms with van der Waals surface area (Å²) in [6.07, 6.45) is 0. The van der Waals surface area contributed by atoms with Crippen molar-refractivity contribution in [1.29, 1.82) is 0 Å². The first-order chi connectivity index (χ1) is 9.65. The number of aryl methyl sites for hydroxylation is 1. The molecule has 0 bridgehead atoms. The fraction of sp³-hybridized carbons (Fsp3) is 0.133. The third-order valence-corrected chi connectivity index (χ3v) is 3.01. The highest BCUT2D eigenvalue weighted by molar-refractivity contribution is 5.79. The molecule has 20 heavy (non-hydrogen) atoms. The van der Waals surface area contributed by atoms with Gasteiger partial charge in [0.25, 0.3) is 6.01 Å². The van der Waals surface area contributed by atoms with Gasteiger partial charge in [-0.1, -0.05) is 6.07 Å². The summed E-state index contributed by atoms with van der Waals surface area (Å²) in [6.45, 7) is 2.01. The second-order valence-corrected chi connectivity index (χ2v) is 4.57. The molecular weight excluding hydrogens is 254 g/mol. The first-order valence-electron chi connectivity index (χ1n) is 6.23. The summed E-state index contributed by atoms with van der Waals surface area (Å²) in [5, 5.41) is 3.13. The van der Waals surface area contributed by atoms with Gasteiger partial charge < -0.3 is 20.2 Å². The van der Waals surface area contributed by atoms with E-state index in [0.29, 0.717) is 17.3 Å². The number of anilines is 3. The summed E-state index contributed by atoms with van der Waals surface area (Å²) in [5.74, 6) is 0.734. The van der Waals surface area contributed by atoms with Gasteiger partial charge in [0.05, 0.1) is 12.8 Å². The molecule has 3 aromatic rings. The summed E-state index contributed by atoms with van der Waals surface area (Å²) in [7, 11) is 1.63. The first-order valence-corrected chi connectivity index (χ1v) is 6.23. The Morgan fingerprint density at radius 1 is 1.20 bits per heavy atom. The Bertz CT molecular complexity index is 765. The lowest BCUT2D eigenvalue weighted by Crippen LogP contribution is -1.95. The molecule has 1 heterocycles. The smallest absolute Gasteiger partial charge is 0.300 e. The Labute approximate surface area is 116 Å². The standard InChI is InChI=1S/C15H15N3O2/c1-9-3-5-13(19-2)11(7-9)17-15-18-12-8-10(16)4-6-14(12)20-15/h3-8H,16H2,1-2H3,(H,17,18). The molecule has 3 N–H and O–H groups in total. The number of methoxy groups -OCH3 is 1. The van der Waals surface area contributed by atoms with E-state index >= 15 is 0 Å². The average molecular weight is 269 g/mol.